The van der Waals surface area contributed by atoms with Crippen molar-refractivity contribution >= 4 is 13.6 Å². The van der Waals surface area contributed by atoms with Gasteiger partial charge in [0.15, 0.2) is 0 Å². The summed E-state index contributed by atoms with van der Waals surface area (Å²) >= 11 is 4.25. The first-order valence-electron chi connectivity index (χ1n) is 5.67. The van der Waals surface area contributed by atoms with Gasteiger partial charge in [0.2, 0.25) is 0 Å². The van der Waals surface area contributed by atoms with Crippen LogP contribution in [0, 0.1) is 19.9 Å². The van der Waals surface area contributed by atoms with Crippen LogP contribution in [0.1, 0.15) is 16.7 Å². The van der Waals surface area contributed by atoms with E-state index in [0.717, 1.165) is 11.3 Å². The third-order valence-corrected chi connectivity index (χ3v) is 2.67. The predicted molar refractivity (Wildman–Crippen MR) is 74.5 cm³/mol. The van der Waals surface area contributed by atoms with Crippen LogP contribution in [0.25, 0.3) is 0 Å². The van der Waals surface area contributed by atoms with E-state index in [1.165, 1.54) is 27.5 Å². The number of hydrogen-bond donors (Lipinski definition) is 0. The zero-order valence-corrected chi connectivity index (χ0v) is 15.3. The quantitative estimate of drug-likeness (QED) is 0.580. The summed E-state index contributed by atoms with van der Waals surface area (Å²) in [5.41, 5.74) is 3.72. The predicted octanol–water partition coefficient (Wildman–Crippen LogP) is 4.53. The summed E-state index contributed by atoms with van der Waals surface area (Å²) in [4.78, 5) is 0. The van der Waals surface area contributed by atoms with Crippen molar-refractivity contribution in [1.82, 2.24) is 0 Å². The molecule has 0 fully saturated rings. The van der Waals surface area contributed by atoms with Gasteiger partial charge in [0, 0.05) is 0 Å². The molecule has 0 aliphatic heterocycles. The molecular weight excluding hydrogens is 341 g/mol. The Labute approximate surface area is 126 Å². The van der Waals surface area contributed by atoms with Crippen LogP contribution in [0.5, 0.6) is 5.75 Å². The van der Waals surface area contributed by atoms with Gasteiger partial charge in [-0.15, -0.1) is 5.56 Å². The molecule has 0 bridgehead atoms. The molecular formula is C15H15BrOZn. The molecule has 0 spiro atoms. The molecule has 2 rings (SSSR count). The number of halogens is 1. The molecule has 2 aromatic carbocycles. The summed E-state index contributed by atoms with van der Waals surface area (Å²) in [7, 11) is 0. The summed E-state index contributed by atoms with van der Waals surface area (Å²) in [5, 5.41) is 0. The molecule has 0 aromatic heterocycles. The molecule has 3 heteroatoms. The van der Waals surface area contributed by atoms with E-state index in [4.69, 9.17) is 4.74 Å². The van der Waals surface area contributed by atoms with Gasteiger partial charge in [-0.2, -0.15) is 30.3 Å². The molecule has 18 heavy (non-hydrogen) atoms. The molecule has 2 aromatic rings. The number of aryl methyl sites for hydroxylation is 2. The third-order valence-electron chi connectivity index (χ3n) is 2.67. The van der Waals surface area contributed by atoms with Gasteiger partial charge in [0.05, 0.1) is 6.61 Å². The van der Waals surface area contributed by atoms with Gasteiger partial charge in [0.1, 0.15) is 5.75 Å². The van der Waals surface area contributed by atoms with Gasteiger partial charge in [-0.3, -0.25) is 0 Å². The Morgan fingerprint density at radius 3 is 2.33 bits per heavy atom. The van der Waals surface area contributed by atoms with Crippen LogP contribution in [0.4, 0.5) is 0 Å². The van der Waals surface area contributed by atoms with Gasteiger partial charge in [-0.1, -0.05) is 6.07 Å². The van der Waals surface area contributed by atoms with E-state index in [-0.39, 0.29) is 0 Å². The maximum atomic E-state index is 5.71. The number of ether oxygens (including phenoxy) is 1. The van der Waals surface area contributed by atoms with Crippen molar-refractivity contribution in [3.63, 3.8) is 0 Å². The molecule has 0 atom stereocenters. The van der Waals surface area contributed by atoms with Crippen molar-refractivity contribution in [3.05, 3.63) is 65.2 Å². The standard InChI is InChI=1S/C15H15O.BrH.Zn/c1-12-8-9-15(10-13(12)2)16-11-14-6-4-3-5-7-14;;/h4-10H,11H2,1-2H3;1H;/q-1;;+2/p-1. The van der Waals surface area contributed by atoms with Gasteiger partial charge in [0.25, 0.3) is 0 Å². The molecule has 0 saturated heterocycles. The van der Waals surface area contributed by atoms with Crippen LogP contribution in [-0.4, -0.2) is 0 Å². The van der Waals surface area contributed by atoms with E-state index in [1.807, 2.05) is 30.3 Å². The second kappa shape index (κ2) is 8.45. The average molecular weight is 357 g/mol. The van der Waals surface area contributed by atoms with E-state index in [0.29, 0.717) is 6.61 Å². The Hall–Kier alpha value is -0.657. The SMILES string of the molecule is Cc1ccc(OCc2cc[c-]cc2)cc1C.[Zn+][Br]. The van der Waals surface area contributed by atoms with Gasteiger partial charge in [-0.05, 0) is 37.1 Å². The van der Waals surface area contributed by atoms with Gasteiger partial charge in [-0.25, -0.2) is 0 Å². The van der Waals surface area contributed by atoms with Gasteiger partial charge < -0.3 is 4.74 Å². The minimum absolute atomic E-state index is 0.608. The summed E-state index contributed by atoms with van der Waals surface area (Å²) in [6.45, 7) is 4.81. The van der Waals surface area contributed by atoms with E-state index >= 15 is 0 Å². The molecule has 90 valence electrons. The second-order valence-electron chi connectivity index (χ2n) is 3.94. The van der Waals surface area contributed by atoms with Crippen molar-refractivity contribution in [2.75, 3.05) is 0 Å². The molecule has 1 nitrogen and oxygen atoms in total. The Morgan fingerprint density at radius 2 is 1.72 bits per heavy atom. The average Bonchev–Trinajstić information content (AvgIpc) is 2.44. The first kappa shape index (κ1) is 15.4. The molecule has 0 amide bonds. The van der Waals surface area contributed by atoms with Crippen LogP contribution in [0.2, 0.25) is 0 Å². The summed E-state index contributed by atoms with van der Waals surface area (Å²) in [6.07, 6.45) is 0. The van der Waals surface area contributed by atoms with Crippen molar-refractivity contribution < 1.29 is 21.1 Å². The Kier molecular flexibility index (Phi) is 7.23. The third kappa shape index (κ3) is 4.91. The normalized spacial score (nSPS) is 9.39. The number of rotatable bonds is 3. The number of benzene rings is 2. The zero-order chi connectivity index (χ0) is 13.4. The van der Waals surface area contributed by atoms with Crippen LogP contribution in [0.15, 0.2) is 42.5 Å². The van der Waals surface area contributed by atoms with Gasteiger partial charge >= 0.3 is 30.0 Å². The first-order chi connectivity index (χ1) is 8.75. The Bertz CT molecular complexity index is 471. The topological polar surface area (TPSA) is 9.23 Å². The Morgan fingerprint density at radius 1 is 1.06 bits per heavy atom. The van der Waals surface area contributed by atoms with Crippen LogP contribution >= 0.6 is 13.6 Å². The van der Waals surface area contributed by atoms with Crippen molar-refractivity contribution in [2.24, 2.45) is 0 Å². The number of hydrogen-bond acceptors (Lipinski definition) is 1. The fraction of sp³-hybridized carbons (Fsp3) is 0.200. The van der Waals surface area contributed by atoms with E-state index in [1.54, 1.807) is 0 Å². The molecule has 0 saturated carbocycles. The van der Waals surface area contributed by atoms with E-state index in [2.05, 4.69) is 45.7 Å². The van der Waals surface area contributed by atoms with Crippen molar-refractivity contribution in [3.8, 4) is 5.75 Å². The maximum absolute atomic E-state index is 5.71. The Balaban J connectivity index is 0.000000771. The van der Waals surface area contributed by atoms with Crippen LogP contribution in [-0.2, 0) is 22.9 Å². The second-order valence-corrected chi connectivity index (χ2v) is 3.94. The molecule has 0 N–H and O–H groups in total. The van der Waals surface area contributed by atoms with Crippen LogP contribution in [0.3, 0.4) is 0 Å². The first-order valence-corrected chi connectivity index (χ1v) is 12.6. The fourth-order valence-corrected chi connectivity index (χ4v) is 1.49. The van der Waals surface area contributed by atoms with E-state index in [9.17, 15) is 0 Å². The summed E-state index contributed by atoms with van der Waals surface area (Å²) in [6, 6.07) is 17.0. The molecule has 0 aliphatic rings. The summed E-state index contributed by atoms with van der Waals surface area (Å²) in [5.74, 6) is 0.927. The minimum atomic E-state index is 0.608. The molecule has 0 unspecified atom stereocenters. The monoisotopic (exact) mass is 354 g/mol. The summed E-state index contributed by atoms with van der Waals surface area (Å²) < 4.78 is 5.71. The molecule has 0 radical (unpaired) electrons. The van der Waals surface area contributed by atoms with E-state index < -0.39 is 0 Å². The van der Waals surface area contributed by atoms with Crippen molar-refractivity contribution in [2.45, 2.75) is 20.5 Å². The zero-order valence-electron chi connectivity index (χ0n) is 10.7. The fourth-order valence-electron chi connectivity index (χ4n) is 1.49. The van der Waals surface area contributed by atoms with Crippen LogP contribution < -0.4 is 4.74 Å². The molecule has 0 heterocycles. The molecule has 0 aliphatic carbocycles. The van der Waals surface area contributed by atoms with Crippen molar-refractivity contribution in [1.29, 1.82) is 0 Å².